The summed E-state index contributed by atoms with van der Waals surface area (Å²) in [7, 11) is 1.25. The molecule has 0 aliphatic heterocycles. The zero-order chi connectivity index (χ0) is 14.9. The van der Waals surface area contributed by atoms with Gasteiger partial charge in [0.1, 0.15) is 21.8 Å². The van der Waals surface area contributed by atoms with Crippen molar-refractivity contribution in [3.8, 4) is 11.4 Å². The van der Waals surface area contributed by atoms with E-state index in [0.717, 1.165) is 0 Å². The van der Waals surface area contributed by atoms with Crippen molar-refractivity contribution in [1.82, 2.24) is 9.97 Å². The van der Waals surface area contributed by atoms with Gasteiger partial charge >= 0.3 is 5.97 Å². The van der Waals surface area contributed by atoms with Crippen LogP contribution in [0.5, 0.6) is 0 Å². The third kappa shape index (κ3) is 2.57. The number of hydrogen-bond acceptors (Lipinski definition) is 4. The van der Waals surface area contributed by atoms with Gasteiger partial charge in [-0.3, -0.25) is 0 Å². The normalized spacial score (nSPS) is 10.4. The zero-order valence-electron chi connectivity index (χ0n) is 10.7. The summed E-state index contributed by atoms with van der Waals surface area (Å²) in [5.74, 6) is -0.952. The van der Waals surface area contributed by atoms with E-state index < -0.39 is 11.8 Å². The van der Waals surface area contributed by atoms with Crippen LogP contribution in [0.15, 0.2) is 18.2 Å². The number of carbonyl (C=O) groups excluding carboxylic acids is 1. The third-order valence-corrected chi connectivity index (χ3v) is 3.31. The van der Waals surface area contributed by atoms with Crippen molar-refractivity contribution in [3.63, 3.8) is 0 Å². The molecule has 1 heterocycles. The molecule has 2 aromatic rings. The van der Waals surface area contributed by atoms with E-state index in [1.807, 2.05) is 0 Å². The Morgan fingerprint density at radius 2 is 2.20 bits per heavy atom. The Balaban J connectivity index is 2.68. The van der Waals surface area contributed by atoms with Gasteiger partial charge in [0, 0.05) is 5.69 Å². The second kappa shape index (κ2) is 5.68. The largest absolute Gasteiger partial charge is 0.465 e. The van der Waals surface area contributed by atoms with Crippen LogP contribution < -0.4 is 0 Å². The average molecular weight is 313 g/mol. The van der Waals surface area contributed by atoms with Crippen LogP contribution in [0.4, 0.5) is 4.39 Å². The van der Waals surface area contributed by atoms with E-state index in [0.29, 0.717) is 5.69 Å². The molecule has 0 saturated heterocycles. The molecule has 0 aliphatic rings. The van der Waals surface area contributed by atoms with E-state index in [-0.39, 0.29) is 26.6 Å². The fraction of sp³-hybridized carbons (Fsp3) is 0.154. The SMILES string of the molecule is COC(=O)c1c(C)[nH]c(-c2c(F)cccc2Cl)nc1=S. The molecule has 20 heavy (non-hydrogen) atoms. The van der Waals surface area contributed by atoms with Gasteiger partial charge in [-0.2, -0.15) is 0 Å². The molecule has 0 fully saturated rings. The number of aryl methyl sites for hydroxylation is 1. The van der Waals surface area contributed by atoms with Gasteiger partial charge in [-0.25, -0.2) is 14.2 Å². The van der Waals surface area contributed by atoms with Crippen molar-refractivity contribution in [1.29, 1.82) is 0 Å². The number of hydrogen-bond donors (Lipinski definition) is 1. The molecule has 0 unspecified atom stereocenters. The maximum Gasteiger partial charge on any atom is 0.342 e. The molecule has 0 atom stereocenters. The van der Waals surface area contributed by atoms with Gasteiger partial charge in [0.2, 0.25) is 0 Å². The lowest BCUT2D eigenvalue weighted by atomic mass is 10.1. The summed E-state index contributed by atoms with van der Waals surface area (Å²) < 4.78 is 18.5. The molecule has 0 saturated carbocycles. The molecule has 0 amide bonds. The predicted octanol–water partition coefficient (Wildman–Crippen LogP) is 3.69. The molecule has 0 spiro atoms. The Kier molecular flexibility index (Phi) is 4.15. The monoisotopic (exact) mass is 312 g/mol. The standard InChI is InChI=1S/C13H10ClFN2O2S/c1-6-9(13(18)19-2)12(20)17-11(16-6)10-7(14)4-3-5-8(10)15/h3-5H,1-2H3,(H,16,17,20). The Hall–Kier alpha value is -1.79. The number of aromatic amines is 1. The summed E-state index contributed by atoms with van der Waals surface area (Å²) in [6, 6.07) is 4.30. The minimum absolute atomic E-state index is 0.0300. The number of H-pyrrole nitrogens is 1. The number of ether oxygens (including phenoxy) is 1. The number of methoxy groups -OCH3 is 1. The molecule has 4 nitrogen and oxygen atoms in total. The molecular weight excluding hydrogens is 303 g/mol. The van der Waals surface area contributed by atoms with Crippen LogP contribution in [0.25, 0.3) is 11.4 Å². The van der Waals surface area contributed by atoms with Crippen LogP contribution >= 0.6 is 23.8 Å². The van der Waals surface area contributed by atoms with Crippen molar-refractivity contribution >= 4 is 29.8 Å². The first kappa shape index (κ1) is 14.6. The number of halogens is 2. The lowest BCUT2D eigenvalue weighted by molar-refractivity contribution is 0.0598. The number of carbonyl (C=O) groups is 1. The third-order valence-electron chi connectivity index (χ3n) is 2.70. The summed E-state index contributed by atoms with van der Waals surface area (Å²) >= 11 is 11.0. The van der Waals surface area contributed by atoms with Crippen molar-refractivity contribution < 1.29 is 13.9 Å². The van der Waals surface area contributed by atoms with E-state index in [4.69, 9.17) is 23.8 Å². The van der Waals surface area contributed by atoms with E-state index in [2.05, 4.69) is 14.7 Å². The van der Waals surface area contributed by atoms with Gasteiger partial charge in [0.15, 0.2) is 0 Å². The molecule has 0 aliphatic carbocycles. The molecule has 1 N–H and O–H groups in total. The summed E-state index contributed by atoms with van der Waals surface area (Å²) in [6.07, 6.45) is 0. The molecule has 2 rings (SSSR count). The minimum atomic E-state index is -0.595. The molecule has 1 aromatic heterocycles. The fourth-order valence-electron chi connectivity index (χ4n) is 1.77. The van der Waals surface area contributed by atoms with Crippen molar-refractivity contribution in [2.75, 3.05) is 7.11 Å². The van der Waals surface area contributed by atoms with Crippen LogP contribution in [0, 0.1) is 17.4 Å². The van der Waals surface area contributed by atoms with Crippen molar-refractivity contribution in [2.24, 2.45) is 0 Å². The van der Waals surface area contributed by atoms with E-state index in [9.17, 15) is 9.18 Å². The van der Waals surface area contributed by atoms with Crippen molar-refractivity contribution in [3.05, 3.63) is 44.9 Å². The second-order valence-corrected chi connectivity index (χ2v) is 4.77. The van der Waals surface area contributed by atoms with E-state index in [1.165, 1.54) is 19.2 Å². The number of aromatic nitrogens is 2. The second-order valence-electron chi connectivity index (χ2n) is 3.98. The highest BCUT2D eigenvalue weighted by Gasteiger charge is 2.17. The Bertz CT molecular complexity index is 725. The van der Waals surface area contributed by atoms with Crippen LogP contribution in [-0.2, 0) is 4.74 Å². The van der Waals surface area contributed by atoms with Gasteiger partial charge in [-0.05, 0) is 19.1 Å². The highest BCUT2D eigenvalue weighted by Crippen LogP contribution is 2.28. The number of benzene rings is 1. The van der Waals surface area contributed by atoms with Crippen LogP contribution in [0.2, 0.25) is 5.02 Å². The topological polar surface area (TPSA) is 55.0 Å². The van der Waals surface area contributed by atoms with Gasteiger partial charge in [0.25, 0.3) is 0 Å². The first-order valence-electron chi connectivity index (χ1n) is 5.59. The smallest absolute Gasteiger partial charge is 0.342 e. The summed E-state index contributed by atoms with van der Waals surface area (Å²) in [5, 5.41) is 0.202. The highest BCUT2D eigenvalue weighted by atomic mass is 35.5. The van der Waals surface area contributed by atoms with Gasteiger partial charge < -0.3 is 9.72 Å². The Morgan fingerprint density at radius 1 is 1.50 bits per heavy atom. The maximum absolute atomic E-state index is 13.9. The summed E-state index contributed by atoms with van der Waals surface area (Å²) in [4.78, 5) is 18.4. The fourth-order valence-corrected chi connectivity index (χ4v) is 2.35. The van der Waals surface area contributed by atoms with Gasteiger partial charge in [-0.15, -0.1) is 0 Å². The lowest BCUT2D eigenvalue weighted by Crippen LogP contribution is -2.09. The number of rotatable bonds is 2. The van der Waals surface area contributed by atoms with Gasteiger partial charge in [0.05, 0.1) is 17.7 Å². The van der Waals surface area contributed by atoms with Crippen LogP contribution in [0.1, 0.15) is 16.1 Å². The first-order chi connectivity index (χ1) is 9.45. The maximum atomic E-state index is 13.9. The molecule has 7 heteroatoms. The van der Waals surface area contributed by atoms with Crippen molar-refractivity contribution in [2.45, 2.75) is 6.92 Å². The summed E-state index contributed by atoms with van der Waals surface area (Å²) in [5.41, 5.74) is 0.699. The molecule has 0 radical (unpaired) electrons. The molecular formula is C13H10ClFN2O2S. The molecule has 1 aromatic carbocycles. The Morgan fingerprint density at radius 3 is 2.75 bits per heavy atom. The van der Waals surface area contributed by atoms with Crippen LogP contribution in [-0.4, -0.2) is 23.0 Å². The average Bonchev–Trinajstić information content (AvgIpc) is 2.37. The molecule has 104 valence electrons. The number of nitrogens with zero attached hydrogens (tertiary/aromatic N) is 1. The van der Waals surface area contributed by atoms with E-state index in [1.54, 1.807) is 13.0 Å². The zero-order valence-corrected chi connectivity index (χ0v) is 12.2. The highest BCUT2D eigenvalue weighted by molar-refractivity contribution is 7.71. The summed E-state index contributed by atoms with van der Waals surface area (Å²) in [6.45, 7) is 1.63. The molecule has 0 bridgehead atoms. The quantitative estimate of drug-likeness (QED) is 0.678. The van der Waals surface area contributed by atoms with Gasteiger partial charge in [-0.1, -0.05) is 29.9 Å². The van der Waals surface area contributed by atoms with E-state index >= 15 is 0 Å². The Labute approximate surface area is 124 Å². The predicted molar refractivity (Wildman–Crippen MR) is 75.9 cm³/mol. The minimum Gasteiger partial charge on any atom is -0.465 e. The lowest BCUT2D eigenvalue weighted by Gasteiger charge is -2.09. The first-order valence-corrected chi connectivity index (χ1v) is 6.38. The number of esters is 1. The van der Waals surface area contributed by atoms with Crippen LogP contribution in [0.3, 0.4) is 0 Å². The number of nitrogens with one attached hydrogen (secondary N) is 1.